The van der Waals surface area contributed by atoms with Crippen LogP contribution < -0.4 is 11.1 Å². The molecule has 0 atom stereocenters. The van der Waals surface area contributed by atoms with Crippen molar-refractivity contribution < 1.29 is 4.79 Å². The molecule has 2 rings (SSSR count). The number of halogens is 2. The van der Waals surface area contributed by atoms with Crippen LogP contribution in [0, 0.1) is 6.92 Å². The molecule has 0 radical (unpaired) electrons. The van der Waals surface area contributed by atoms with Crippen molar-refractivity contribution in [3.63, 3.8) is 0 Å². The predicted molar refractivity (Wildman–Crippen MR) is 78.3 cm³/mol. The SMILES string of the molecule is Cc1cc(NC(=O)c2cc(N)nc(Cl)c2)ncc1Br. The third kappa shape index (κ3) is 3.42. The number of anilines is 2. The van der Waals surface area contributed by atoms with Crippen LogP contribution in [0.25, 0.3) is 0 Å². The van der Waals surface area contributed by atoms with Crippen LogP contribution in [-0.4, -0.2) is 15.9 Å². The van der Waals surface area contributed by atoms with Gasteiger partial charge in [0.15, 0.2) is 0 Å². The Kier molecular flexibility index (Phi) is 4.01. The zero-order valence-electron chi connectivity index (χ0n) is 9.95. The van der Waals surface area contributed by atoms with E-state index in [1.54, 1.807) is 12.3 Å². The minimum Gasteiger partial charge on any atom is -0.384 e. The number of pyridine rings is 2. The molecule has 0 aliphatic carbocycles. The number of aryl methyl sites for hydroxylation is 1. The van der Waals surface area contributed by atoms with Crippen molar-refractivity contribution in [1.29, 1.82) is 0 Å². The number of hydrogen-bond donors (Lipinski definition) is 2. The van der Waals surface area contributed by atoms with Gasteiger partial charge in [0.05, 0.1) is 0 Å². The number of carbonyl (C=O) groups excluding carboxylic acids is 1. The van der Waals surface area contributed by atoms with Crippen molar-refractivity contribution in [2.45, 2.75) is 6.92 Å². The van der Waals surface area contributed by atoms with E-state index in [0.29, 0.717) is 11.4 Å². The normalized spacial score (nSPS) is 10.3. The molecule has 19 heavy (non-hydrogen) atoms. The van der Waals surface area contributed by atoms with Gasteiger partial charge >= 0.3 is 0 Å². The minimum atomic E-state index is -0.342. The number of amides is 1. The largest absolute Gasteiger partial charge is 0.384 e. The van der Waals surface area contributed by atoms with Gasteiger partial charge in [-0.15, -0.1) is 0 Å². The zero-order valence-corrected chi connectivity index (χ0v) is 12.3. The highest BCUT2D eigenvalue weighted by Crippen LogP contribution is 2.18. The van der Waals surface area contributed by atoms with Crippen LogP contribution >= 0.6 is 27.5 Å². The quantitative estimate of drug-likeness (QED) is 0.823. The molecule has 0 aliphatic rings. The zero-order chi connectivity index (χ0) is 14.0. The van der Waals surface area contributed by atoms with Gasteiger partial charge in [-0.2, -0.15) is 0 Å². The summed E-state index contributed by atoms with van der Waals surface area (Å²) in [5, 5.41) is 2.84. The fourth-order valence-electron chi connectivity index (χ4n) is 1.44. The molecule has 0 spiro atoms. The monoisotopic (exact) mass is 340 g/mol. The molecule has 98 valence electrons. The van der Waals surface area contributed by atoms with Gasteiger partial charge in [0, 0.05) is 16.2 Å². The summed E-state index contributed by atoms with van der Waals surface area (Å²) in [4.78, 5) is 19.9. The molecule has 0 aromatic carbocycles. The third-order valence-electron chi connectivity index (χ3n) is 2.36. The van der Waals surface area contributed by atoms with Crippen molar-refractivity contribution >= 4 is 45.1 Å². The smallest absolute Gasteiger partial charge is 0.257 e. The first-order valence-electron chi connectivity index (χ1n) is 5.32. The van der Waals surface area contributed by atoms with Crippen molar-refractivity contribution in [1.82, 2.24) is 9.97 Å². The molecular formula is C12H10BrClN4O. The lowest BCUT2D eigenvalue weighted by Crippen LogP contribution is -2.13. The number of rotatable bonds is 2. The van der Waals surface area contributed by atoms with Gasteiger partial charge in [0.25, 0.3) is 5.91 Å². The third-order valence-corrected chi connectivity index (χ3v) is 3.39. The predicted octanol–water partition coefficient (Wildman–Crippen LogP) is 3.04. The Hall–Kier alpha value is -1.66. The fourth-order valence-corrected chi connectivity index (χ4v) is 1.88. The van der Waals surface area contributed by atoms with E-state index in [4.69, 9.17) is 17.3 Å². The highest BCUT2D eigenvalue weighted by molar-refractivity contribution is 9.10. The number of carbonyl (C=O) groups is 1. The molecule has 0 bridgehead atoms. The molecule has 3 N–H and O–H groups in total. The molecular weight excluding hydrogens is 332 g/mol. The summed E-state index contributed by atoms with van der Waals surface area (Å²) in [5.74, 6) is 0.306. The van der Waals surface area contributed by atoms with Gasteiger partial charge in [-0.1, -0.05) is 11.6 Å². The molecule has 7 heteroatoms. The molecule has 0 saturated carbocycles. The van der Waals surface area contributed by atoms with Crippen LogP contribution in [0.5, 0.6) is 0 Å². The fraction of sp³-hybridized carbons (Fsp3) is 0.0833. The van der Waals surface area contributed by atoms with E-state index < -0.39 is 0 Å². The Morgan fingerprint density at radius 3 is 2.79 bits per heavy atom. The van der Waals surface area contributed by atoms with Crippen molar-refractivity contribution in [2.24, 2.45) is 0 Å². The molecule has 2 aromatic rings. The first-order valence-corrected chi connectivity index (χ1v) is 6.49. The van der Waals surface area contributed by atoms with Crippen molar-refractivity contribution in [3.05, 3.63) is 45.1 Å². The van der Waals surface area contributed by atoms with Crippen LogP contribution in [0.3, 0.4) is 0 Å². The van der Waals surface area contributed by atoms with Crippen molar-refractivity contribution in [3.8, 4) is 0 Å². The average Bonchev–Trinajstić information content (AvgIpc) is 2.32. The molecule has 0 fully saturated rings. The maximum Gasteiger partial charge on any atom is 0.257 e. The van der Waals surface area contributed by atoms with E-state index in [9.17, 15) is 4.79 Å². The minimum absolute atomic E-state index is 0.171. The molecule has 1 amide bonds. The Balaban J connectivity index is 2.22. The molecule has 0 saturated heterocycles. The van der Waals surface area contributed by atoms with Gasteiger partial charge in [0.1, 0.15) is 16.8 Å². The second-order valence-electron chi connectivity index (χ2n) is 3.88. The molecule has 0 aliphatic heterocycles. The lowest BCUT2D eigenvalue weighted by Gasteiger charge is -2.07. The summed E-state index contributed by atoms with van der Waals surface area (Å²) in [6.07, 6.45) is 1.62. The Bertz CT molecular complexity index is 627. The number of nitrogens with zero attached hydrogens (tertiary/aromatic N) is 2. The second-order valence-corrected chi connectivity index (χ2v) is 5.12. The second kappa shape index (κ2) is 5.54. The average molecular weight is 342 g/mol. The summed E-state index contributed by atoms with van der Waals surface area (Å²) >= 11 is 9.09. The first kappa shape index (κ1) is 13.8. The Labute approximate surface area is 123 Å². The number of nitrogens with two attached hydrogens (primary N) is 1. The summed E-state index contributed by atoms with van der Waals surface area (Å²) in [5.41, 5.74) is 6.84. The first-order chi connectivity index (χ1) is 8.95. The van der Waals surface area contributed by atoms with Gasteiger partial charge in [0.2, 0.25) is 0 Å². The highest BCUT2D eigenvalue weighted by atomic mass is 79.9. The molecule has 2 aromatic heterocycles. The van der Waals surface area contributed by atoms with Crippen LogP contribution in [0.4, 0.5) is 11.6 Å². The van der Waals surface area contributed by atoms with E-state index in [2.05, 4.69) is 31.2 Å². The molecule has 2 heterocycles. The number of nitrogens with one attached hydrogen (secondary N) is 1. The summed E-state index contributed by atoms with van der Waals surface area (Å²) < 4.78 is 0.877. The number of hydrogen-bond acceptors (Lipinski definition) is 4. The van der Waals surface area contributed by atoms with Crippen LogP contribution in [0.15, 0.2) is 28.9 Å². The topological polar surface area (TPSA) is 80.9 Å². The van der Waals surface area contributed by atoms with Crippen LogP contribution in [0.2, 0.25) is 5.15 Å². The number of nitrogen functional groups attached to an aromatic ring is 1. The highest BCUT2D eigenvalue weighted by Gasteiger charge is 2.10. The lowest BCUT2D eigenvalue weighted by molar-refractivity contribution is 0.102. The van der Waals surface area contributed by atoms with Gasteiger partial charge in [-0.25, -0.2) is 9.97 Å². The van der Waals surface area contributed by atoms with E-state index in [-0.39, 0.29) is 16.9 Å². The molecule has 0 unspecified atom stereocenters. The summed E-state index contributed by atoms with van der Waals surface area (Å²) in [6, 6.07) is 4.65. The summed E-state index contributed by atoms with van der Waals surface area (Å²) in [6.45, 7) is 1.91. The standard InChI is InChI=1S/C12H10BrClN4O/c1-6-2-11(16-5-8(6)13)18-12(19)7-3-9(14)17-10(15)4-7/h2-5H,1H3,(H2,15,17)(H,16,18,19). The van der Waals surface area contributed by atoms with E-state index >= 15 is 0 Å². The maximum absolute atomic E-state index is 12.0. The van der Waals surface area contributed by atoms with Crippen LogP contribution in [-0.2, 0) is 0 Å². The van der Waals surface area contributed by atoms with E-state index in [0.717, 1.165) is 10.0 Å². The van der Waals surface area contributed by atoms with Gasteiger partial charge in [-0.05, 0) is 46.6 Å². The maximum atomic E-state index is 12.0. The number of aromatic nitrogens is 2. The lowest BCUT2D eigenvalue weighted by atomic mass is 10.2. The van der Waals surface area contributed by atoms with E-state index in [1.807, 2.05) is 6.92 Å². The molecule has 5 nitrogen and oxygen atoms in total. The Morgan fingerprint density at radius 1 is 1.42 bits per heavy atom. The van der Waals surface area contributed by atoms with E-state index in [1.165, 1.54) is 12.1 Å². The van der Waals surface area contributed by atoms with Gasteiger partial charge in [-0.3, -0.25) is 4.79 Å². The van der Waals surface area contributed by atoms with Crippen molar-refractivity contribution in [2.75, 3.05) is 11.1 Å². The Morgan fingerprint density at radius 2 is 2.16 bits per heavy atom. The van der Waals surface area contributed by atoms with Gasteiger partial charge < -0.3 is 11.1 Å². The van der Waals surface area contributed by atoms with Crippen LogP contribution in [0.1, 0.15) is 15.9 Å². The summed E-state index contributed by atoms with van der Waals surface area (Å²) in [7, 11) is 0.